The second kappa shape index (κ2) is 7.75. The molecule has 0 unspecified atom stereocenters. The number of pyridine rings is 1. The Morgan fingerprint density at radius 1 is 1.25 bits per heavy atom. The normalized spacial score (nSPS) is 9.95. The second-order valence-corrected chi connectivity index (χ2v) is 4.32. The molecule has 0 fully saturated rings. The molecule has 1 heterocycles. The van der Waals surface area contributed by atoms with Crippen molar-refractivity contribution in [3.63, 3.8) is 0 Å². The summed E-state index contributed by atoms with van der Waals surface area (Å²) in [5.74, 6) is 0.852. The summed E-state index contributed by atoms with van der Waals surface area (Å²) in [6.45, 7) is 7.23. The van der Waals surface area contributed by atoms with Gasteiger partial charge in [-0.1, -0.05) is 29.8 Å². The average molecular weight is 345 g/mol. The number of aromatic nitrogens is 1. The molecule has 0 spiro atoms. The molecule has 0 aliphatic carbocycles. The van der Waals surface area contributed by atoms with E-state index in [9.17, 15) is 4.79 Å². The van der Waals surface area contributed by atoms with Gasteiger partial charge in [-0.15, -0.1) is 6.07 Å². The first kappa shape index (κ1) is 17.1. The molecule has 2 rings (SSSR count). The van der Waals surface area contributed by atoms with Crippen LogP contribution >= 0.6 is 0 Å². The Morgan fingerprint density at radius 2 is 2.00 bits per heavy atom. The smallest absolute Gasteiger partial charge is 0.194 e. The summed E-state index contributed by atoms with van der Waals surface area (Å²) in [5, 5.41) is 0. The first-order valence-corrected chi connectivity index (χ1v) is 6.52. The van der Waals surface area contributed by atoms with Crippen molar-refractivity contribution in [3.05, 3.63) is 52.3 Å². The molecule has 0 N–H and O–H groups in total. The predicted octanol–water partition coefficient (Wildman–Crippen LogP) is 3.04. The first-order chi connectivity index (χ1) is 9.17. The third-order valence-electron chi connectivity index (χ3n) is 3.06. The van der Waals surface area contributed by atoms with Crippen LogP contribution in [0.15, 0.2) is 35.1 Å². The van der Waals surface area contributed by atoms with Gasteiger partial charge in [0.05, 0.1) is 6.61 Å². The van der Waals surface area contributed by atoms with Crippen LogP contribution in [0.4, 0.5) is 0 Å². The number of rotatable bonds is 4. The van der Waals surface area contributed by atoms with Gasteiger partial charge in [0.1, 0.15) is 5.75 Å². The van der Waals surface area contributed by atoms with E-state index in [1.165, 1.54) is 6.07 Å². The summed E-state index contributed by atoms with van der Waals surface area (Å²) < 4.78 is 7.20. The van der Waals surface area contributed by atoms with Crippen molar-refractivity contribution in [3.8, 4) is 17.0 Å². The zero-order valence-electron chi connectivity index (χ0n) is 12.1. The van der Waals surface area contributed by atoms with Gasteiger partial charge < -0.3 is 9.30 Å². The number of aryl methyl sites for hydroxylation is 1. The van der Waals surface area contributed by atoms with Crippen molar-refractivity contribution in [2.75, 3.05) is 6.61 Å². The van der Waals surface area contributed by atoms with E-state index < -0.39 is 0 Å². The van der Waals surface area contributed by atoms with Crippen LogP contribution < -0.4 is 10.3 Å². The van der Waals surface area contributed by atoms with Crippen molar-refractivity contribution in [1.82, 2.24) is 4.57 Å². The maximum atomic E-state index is 11.8. The number of hydrogen-bond donors (Lipinski definition) is 0. The SMILES string of the molecule is CCOc1ccc(-c2[c-]ccc(=O)n2CC)c(C)c1.[Y]. The van der Waals surface area contributed by atoms with Gasteiger partial charge in [-0.05, 0) is 26.0 Å². The van der Waals surface area contributed by atoms with E-state index in [0.29, 0.717) is 13.2 Å². The molecule has 0 bridgehead atoms. The molecule has 103 valence electrons. The minimum absolute atomic E-state index is 0. The summed E-state index contributed by atoms with van der Waals surface area (Å²) in [4.78, 5) is 11.8. The third kappa shape index (κ3) is 3.59. The van der Waals surface area contributed by atoms with Crippen molar-refractivity contribution in [1.29, 1.82) is 0 Å². The Bertz CT molecular complexity index is 635. The van der Waals surface area contributed by atoms with Crippen LogP contribution in [0.5, 0.6) is 5.75 Å². The summed E-state index contributed by atoms with van der Waals surface area (Å²) in [6, 6.07) is 12.3. The van der Waals surface area contributed by atoms with E-state index in [1.807, 2.05) is 39.0 Å². The molecule has 1 radical (unpaired) electrons. The van der Waals surface area contributed by atoms with Gasteiger partial charge in [0.15, 0.2) is 5.56 Å². The summed E-state index contributed by atoms with van der Waals surface area (Å²) >= 11 is 0. The molecule has 1 aromatic heterocycles. The van der Waals surface area contributed by atoms with Crippen LogP contribution in [-0.2, 0) is 39.3 Å². The molecule has 0 atom stereocenters. The predicted molar refractivity (Wildman–Crippen MR) is 76.6 cm³/mol. The Hall–Kier alpha value is -0.926. The van der Waals surface area contributed by atoms with E-state index in [-0.39, 0.29) is 38.3 Å². The Kier molecular flexibility index (Phi) is 6.64. The van der Waals surface area contributed by atoms with Crippen LogP contribution in [0.25, 0.3) is 11.3 Å². The minimum atomic E-state index is 0. The van der Waals surface area contributed by atoms with Crippen LogP contribution in [0.3, 0.4) is 0 Å². The van der Waals surface area contributed by atoms with Gasteiger partial charge in [-0.2, -0.15) is 12.1 Å². The van der Waals surface area contributed by atoms with Crippen molar-refractivity contribution in [2.24, 2.45) is 0 Å². The molecule has 0 aliphatic heterocycles. The van der Waals surface area contributed by atoms with Gasteiger partial charge in [0.25, 0.3) is 0 Å². The molecule has 4 heteroatoms. The summed E-state index contributed by atoms with van der Waals surface area (Å²) in [7, 11) is 0. The second-order valence-electron chi connectivity index (χ2n) is 4.32. The monoisotopic (exact) mass is 345 g/mol. The fourth-order valence-corrected chi connectivity index (χ4v) is 2.17. The van der Waals surface area contributed by atoms with Crippen molar-refractivity contribution >= 4 is 0 Å². The molecule has 0 saturated heterocycles. The van der Waals surface area contributed by atoms with Crippen molar-refractivity contribution in [2.45, 2.75) is 27.3 Å². The Morgan fingerprint density at radius 3 is 2.60 bits per heavy atom. The molecule has 20 heavy (non-hydrogen) atoms. The zero-order valence-corrected chi connectivity index (χ0v) is 15.0. The van der Waals surface area contributed by atoms with Crippen LogP contribution in [-0.4, -0.2) is 11.2 Å². The van der Waals surface area contributed by atoms with Gasteiger partial charge in [0, 0.05) is 39.3 Å². The molecule has 0 amide bonds. The van der Waals surface area contributed by atoms with Gasteiger partial charge in [-0.25, -0.2) is 0 Å². The van der Waals surface area contributed by atoms with E-state index in [0.717, 1.165) is 22.6 Å². The number of hydrogen-bond acceptors (Lipinski definition) is 2. The standard InChI is InChI=1S/C16H18NO2.Y/c1-4-17-15(7-6-8-16(17)18)14-10-9-13(19-5-2)11-12(14)3;/h6,8-11H,4-5H2,1-3H3;/q-1;. The Balaban J connectivity index is 0.00000200. The maximum absolute atomic E-state index is 11.8. The van der Waals surface area contributed by atoms with Crippen LogP contribution in [0.2, 0.25) is 0 Å². The average Bonchev–Trinajstić information content (AvgIpc) is 2.39. The molecular weight excluding hydrogens is 327 g/mol. The van der Waals surface area contributed by atoms with Gasteiger partial charge in [0.2, 0.25) is 0 Å². The molecule has 1 aromatic carbocycles. The molecule has 0 aliphatic rings. The van der Waals surface area contributed by atoms with Gasteiger partial charge in [-0.3, -0.25) is 4.79 Å². The van der Waals surface area contributed by atoms with E-state index in [1.54, 1.807) is 10.6 Å². The number of ether oxygens (including phenoxy) is 1. The summed E-state index contributed by atoms with van der Waals surface area (Å²) in [5.41, 5.74) is 2.93. The zero-order chi connectivity index (χ0) is 13.8. The molecule has 3 nitrogen and oxygen atoms in total. The Labute approximate surface area is 144 Å². The van der Waals surface area contributed by atoms with Crippen molar-refractivity contribution < 1.29 is 37.4 Å². The topological polar surface area (TPSA) is 31.2 Å². The minimum Gasteiger partial charge on any atom is -0.494 e. The molecule has 0 saturated carbocycles. The maximum Gasteiger partial charge on any atom is 0.194 e. The number of nitrogens with zero attached hydrogens (tertiary/aromatic N) is 1. The van der Waals surface area contributed by atoms with Crippen LogP contribution in [0.1, 0.15) is 19.4 Å². The fraction of sp³-hybridized carbons (Fsp3) is 0.312. The summed E-state index contributed by atoms with van der Waals surface area (Å²) in [6.07, 6.45) is 0. The first-order valence-electron chi connectivity index (χ1n) is 6.52. The van der Waals surface area contributed by atoms with Crippen LogP contribution in [0, 0.1) is 13.0 Å². The van der Waals surface area contributed by atoms with E-state index in [4.69, 9.17) is 4.74 Å². The number of benzene rings is 1. The third-order valence-corrected chi connectivity index (χ3v) is 3.06. The largest absolute Gasteiger partial charge is 0.494 e. The van der Waals surface area contributed by atoms with E-state index >= 15 is 0 Å². The fourth-order valence-electron chi connectivity index (χ4n) is 2.17. The molecular formula is C16H18NO2Y-. The van der Waals surface area contributed by atoms with Gasteiger partial charge >= 0.3 is 0 Å². The van der Waals surface area contributed by atoms with E-state index in [2.05, 4.69) is 6.07 Å². The molecule has 2 aromatic rings. The quantitative estimate of drug-likeness (QED) is 0.798.